The molecule has 0 saturated carbocycles. The standard InChI is InChI=1S/C19H20N6O3/c26-13-6-4-12(5-7-13)15-11-16(24-23-15)19(27)21-10-8-17-22-18(25-28-17)14-3-1-2-9-20-14/h1-7,9,15-16,23-24,26H,8,10-11H2,(H,21,27). The summed E-state index contributed by atoms with van der Waals surface area (Å²) in [6.45, 7) is 0.394. The molecule has 144 valence electrons. The minimum Gasteiger partial charge on any atom is -0.508 e. The van der Waals surface area contributed by atoms with Gasteiger partial charge in [-0.25, -0.2) is 10.9 Å². The van der Waals surface area contributed by atoms with E-state index in [-0.39, 0.29) is 23.7 Å². The molecular formula is C19H20N6O3. The first-order chi connectivity index (χ1) is 13.7. The van der Waals surface area contributed by atoms with Crippen LogP contribution >= 0.6 is 0 Å². The van der Waals surface area contributed by atoms with Crippen molar-refractivity contribution in [1.29, 1.82) is 0 Å². The highest BCUT2D eigenvalue weighted by atomic mass is 16.5. The van der Waals surface area contributed by atoms with E-state index in [4.69, 9.17) is 4.52 Å². The third-order valence-electron chi connectivity index (χ3n) is 4.52. The molecule has 1 aromatic carbocycles. The van der Waals surface area contributed by atoms with Crippen molar-refractivity contribution in [2.24, 2.45) is 0 Å². The van der Waals surface area contributed by atoms with E-state index < -0.39 is 0 Å². The lowest BCUT2D eigenvalue weighted by Crippen LogP contribution is -2.43. The van der Waals surface area contributed by atoms with Gasteiger partial charge in [0.15, 0.2) is 0 Å². The van der Waals surface area contributed by atoms with Crippen molar-refractivity contribution in [2.45, 2.75) is 24.9 Å². The lowest BCUT2D eigenvalue weighted by Gasteiger charge is -2.10. The second-order valence-electron chi connectivity index (χ2n) is 6.49. The number of aromatic nitrogens is 3. The van der Waals surface area contributed by atoms with Crippen LogP contribution in [0.4, 0.5) is 0 Å². The van der Waals surface area contributed by atoms with E-state index in [2.05, 4.69) is 31.3 Å². The molecule has 4 rings (SSSR count). The topological polar surface area (TPSA) is 125 Å². The number of carbonyl (C=O) groups excluding carboxylic acids is 1. The Morgan fingerprint density at radius 1 is 1.21 bits per heavy atom. The molecule has 28 heavy (non-hydrogen) atoms. The molecule has 0 spiro atoms. The number of amides is 1. The van der Waals surface area contributed by atoms with Crippen LogP contribution in [0.15, 0.2) is 53.2 Å². The number of hydrogen-bond donors (Lipinski definition) is 4. The molecule has 1 aliphatic rings. The number of aromatic hydroxyl groups is 1. The SMILES string of the molecule is O=C(NCCc1nc(-c2ccccn2)no1)C1CC(c2ccc(O)cc2)NN1. The van der Waals surface area contributed by atoms with E-state index in [1.54, 1.807) is 24.4 Å². The van der Waals surface area contributed by atoms with Gasteiger partial charge in [0.2, 0.25) is 17.6 Å². The summed E-state index contributed by atoms with van der Waals surface area (Å²) in [6, 6.07) is 12.1. The molecule has 1 amide bonds. The van der Waals surface area contributed by atoms with Crippen LogP contribution in [0.2, 0.25) is 0 Å². The summed E-state index contributed by atoms with van der Waals surface area (Å²) in [4.78, 5) is 20.8. The predicted octanol–water partition coefficient (Wildman–Crippen LogP) is 1.10. The number of phenols is 1. The molecule has 0 aliphatic carbocycles. The average Bonchev–Trinajstić information content (AvgIpc) is 3.39. The number of benzene rings is 1. The van der Waals surface area contributed by atoms with E-state index in [0.29, 0.717) is 36.8 Å². The largest absolute Gasteiger partial charge is 0.508 e. The molecule has 4 N–H and O–H groups in total. The van der Waals surface area contributed by atoms with Crippen molar-refractivity contribution in [3.63, 3.8) is 0 Å². The summed E-state index contributed by atoms with van der Waals surface area (Å²) in [6.07, 6.45) is 2.72. The summed E-state index contributed by atoms with van der Waals surface area (Å²) in [5, 5.41) is 16.2. The van der Waals surface area contributed by atoms with Gasteiger partial charge in [0.1, 0.15) is 17.5 Å². The summed E-state index contributed by atoms with van der Waals surface area (Å²) >= 11 is 0. The van der Waals surface area contributed by atoms with E-state index >= 15 is 0 Å². The fourth-order valence-electron chi connectivity index (χ4n) is 3.02. The van der Waals surface area contributed by atoms with Crippen LogP contribution in [0.5, 0.6) is 5.75 Å². The molecule has 1 saturated heterocycles. The number of phenolic OH excluding ortho intramolecular Hbond substituents is 1. The van der Waals surface area contributed by atoms with E-state index in [1.807, 2.05) is 24.3 Å². The minimum atomic E-state index is -0.342. The number of nitrogens with one attached hydrogen (secondary N) is 3. The molecule has 3 aromatic rings. The van der Waals surface area contributed by atoms with Crippen LogP contribution in [0.25, 0.3) is 11.5 Å². The van der Waals surface area contributed by atoms with Gasteiger partial charge in [-0.3, -0.25) is 9.78 Å². The Labute approximate surface area is 161 Å². The maximum atomic E-state index is 12.4. The Bertz CT molecular complexity index is 928. The zero-order valence-electron chi connectivity index (χ0n) is 15.0. The van der Waals surface area contributed by atoms with Crippen molar-refractivity contribution in [1.82, 2.24) is 31.3 Å². The van der Waals surface area contributed by atoms with Crippen LogP contribution in [-0.2, 0) is 11.2 Å². The summed E-state index contributed by atoms with van der Waals surface area (Å²) < 4.78 is 5.21. The van der Waals surface area contributed by atoms with E-state index in [9.17, 15) is 9.90 Å². The highest BCUT2D eigenvalue weighted by Gasteiger charge is 2.29. The van der Waals surface area contributed by atoms with E-state index in [1.165, 1.54) is 0 Å². The maximum absolute atomic E-state index is 12.4. The normalized spacial score (nSPS) is 18.9. The van der Waals surface area contributed by atoms with Crippen molar-refractivity contribution >= 4 is 5.91 Å². The van der Waals surface area contributed by atoms with Gasteiger partial charge in [-0.05, 0) is 36.2 Å². The molecule has 9 nitrogen and oxygen atoms in total. The average molecular weight is 380 g/mol. The first-order valence-electron chi connectivity index (χ1n) is 9.01. The molecule has 9 heteroatoms. The zero-order chi connectivity index (χ0) is 19.3. The van der Waals surface area contributed by atoms with Gasteiger partial charge in [0.25, 0.3) is 0 Å². The first kappa shape index (κ1) is 18.1. The fourth-order valence-corrected chi connectivity index (χ4v) is 3.02. The second kappa shape index (κ2) is 8.15. The number of carbonyl (C=O) groups is 1. The Morgan fingerprint density at radius 2 is 2.07 bits per heavy atom. The number of hydrazine groups is 1. The molecule has 3 heterocycles. The molecule has 0 bridgehead atoms. The van der Waals surface area contributed by atoms with Crippen molar-refractivity contribution in [3.05, 3.63) is 60.1 Å². The predicted molar refractivity (Wildman–Crippen MR) is 99.8 cm³/mol. The van der Waals surface area contributed by atoms with Gasteiger partial charge >= 0.3 is 0 Å². The van der Waals surface area contributed by atoms with E-state index in [0.717, 1.165) is 5.56 Å². The van der Waals surface area contributed by atoms with Gasteiger partial charge in [0.05, 0.1) is 0 Å². The Hall–Kier alpha value is -3.30. The van der Waals surface area contributed by atoms with Crippen LogP contribution in [-0.4, -0.2) is 38.7 Å². The van der Waals surface area contributed by atoms with Crippen LogP contribution in [0, 0.1) is 0 Å². The maximum Gasteiger partial charge on any atom is 0.238 e. The van der Waals surface area contributed by atoms with Gasteiger partial charge in [0, 0.05) is 25.2 Å². The molecule has 1 fully saturated rings. The second-order valence-corrected chi connectivity index (χ2v) is 6.49. The zero-order valence-corrected chi connectivity index (χ0v) is 15.0. The lowest BCUT2D eigenvalue weighted by atomic mass is 10.0. The molecule has 2 aromatic heterocycles. The van der Waals surface area contributed by atoms with Crippen molar-refractivity contribution in [2.75, 3.05) is 6.54 Å². The van der Waals surface area contributed by atoms with Gasteiger partial charge < -0.3 is 14.9 Å². The fraction of sp³-hybridized carbons (Fsp3) is 0.263. The molecule has 2 atom stereocenters. The molecule has 2 unspecified atom stereocenters. The Balaban J connectivity index is 1.25. The number of pyridine rings is 1. The Morgan fingerprint density at radius 3 is 2.86 bits per heavy atom. The lowest BCUT2D eigenvalue weighted by molar-refractivity contribution is -0.122. The highest BCUT2D eigenvalue weighted by Crippen LogP contribution is 2.23. The minimum absolute atomic E-state index is 0.00761. The number of nitrogens with zero attached hydrogens (tertiary/aromatic N) is 3. The van der Waals surface area contributed by atoms with Gasteiger partial charge in [-0.15, -0.1) is 0 Å². The molecular weight excluding hydrogens is 360 g/mol. The van der Waals surface area contributed by atoms with Crippen LogP contribution < -0.4 is 16.2 Å². The monoisotopic (exact) mass is 380 g/mol. The van der Waals surface area contributed by atoms with Gasteiger partial charge in [-0.2, -0.15) is 4.98 Å². The van der Waals surface area contributed by atoms with Crippen molar-refractivity contribution < 1.29 is 14.4 Å². The van der Waals surface area contributed by atoms with Crippen molar-refractivity contribution in [3.8, 4) is 17.3 Å². The van der Waals surface area contributed by atoms with Crippen LogP contribution in [0.1, 0.15) is 23.9 Å². The summed E-state index contributed by atoms with van der Waals surface area (Å²) in [5.41, 5.74) is 7.77. The highest BCUT2D eigenvalue weighted by molar-refractivity contribution is 5.82. The number of rotatable bonds is 6. The van der Waals surface area contributed by atoms with Crippen LogP contribution in [0.3, 0.4) is 0 Å². The first-order valence-corrected chi connectivity index (χ1v) is 9.01. The summed E-state index contributed by atoms with van der Waals surface area (Å²) in [7, 11) is 0. The van der Waals surface area contributed by atoms with Gasteiger partial charge in [-0.1, -0.05) is 23.4 Å². The quantitative estimate of drug-likeness (QED) is 0.501. The Kier molecular flexibility index (Phi) is 5.27. The molecule has 1 aliphatic heterocycles. The number of hydrogen-bond acceptors (Lipinski definition) is 8. The third-order valence-corrected chi connectivity index (χ3v) is 4.52. The third kappa shape index (κ3) is 4.16. The smallest absolute Gasteiger partial charge is 0.238 e. The summed E-state index contributed by atoms with van der Waals surface area (Å²) in [5.74, 6) is 0.996. The molecule has 0 radical (unpaired) electrons.